The number of hydrogen-bond donors (Lipinski definition) is 0. The first-order valence-corrected chi connectivity index (χ1v) is 3.85. The second kappa shape index (κ2) is 2.30. The topological polar surface area (TPSA) is 17.3 Å². The van der Waals surface area contributed by atoms with Gasteiger partial charge >= 0.3 is 0 Å². The molecular weight excluding hydrogens is 211 g/mol. The van der Waals surface area contributed by atoms with Crippen LogP contribution in [0.25, 0.3) is 5.52 Å². The maximum absolute atomic E-state index is 12.7. The molecule has 0 aliphatic heterocycles. The molecule has 0 atom stereocenters. The van der Waals surface area contributed by atoms with E-state index in [9.17, 15) is 4.39 Å². The monoisotopic (exact) mass is 214 g/mol. The average molecular weight is 215 g/mol. The number of halogens is 2. The number of aromatic nitrogens is 2. The van der Waals surface area contributed by atoms with Gasteiger partial charge in [-0.05, 0) is 28.1 Å². The third-order valence-electron chi connectivity index (χ3n) is 1.42. The second-order valence-electron chi connectivity index (χ2n) is 2.16. The fourth-order valence-electron chi connectivity index (χ4n) is 0.959. The van der Waals surface area contributed by atoms with Crippen LogP contribution in [0.4, 0.5) is 4.39 Å². The summed E-state index contributed by atoms with van der Waals surface area (Å²) < 4.78 is 14.9. The normalized spacial score (nSPS) is 10.7. The predicted molar refractivity (Wildman–Crippen MR) is 42.9 cm³/mol. The van der Waals surface area contributed by atoms with Crippen LogP contribution in [0.2, 0.25) is 0 Å². The van der Waals surface area contributed by atoms with Gasteiger partial charge in [0.2, 0.25) is 0 Å². The Morgan fingerprint density at radius 2 is 2.27 bits per heavy atom. The van der Waals surface area contributed by atoms with Gasteiger partial charge < -0.3 is 0 Å². The number of nitrogens with zero attached hydrogens (tertiary/aromatic N) is 2. The highest BCUT2D eigenvalue weighted by atomic mass is 79.9. The van der Waals surface area contributed by atoms with Crippen LogP contribution in [-0.2, 0) is 0 Å². The fourth-order valence-corrected chi connectivity index (χ4v) is 1.47. The van der Waals surface area contributed by atoms with Gasteiger partial charge in [-0.25, -0.2) is 8.91 Å². The van der Waals surface area contributed by atoms with E-state index in [1.165, 1.54) is 12.1 Å². The van der Waals surface area contributed by atoms with E-state index in [0.29, 0.717) is 4.60 Å². The molecule has 0 unspecified atom stereocenters. The van der Waals surface area contributed by atoms with Gasteiger partial charge in [0.1, 0.15) is 10.4 Å². The minimum absolute atomic E-state index is 0.259. The van der Waals surface area contributed by atoms with Gasteiger partial charge in [0.05, 0.1) is 11.7 Å². The first-order chi connectivity index (χ1) is 5.27. The summed E-state index contributed by atoms with van der Waals surface area (Å²) in [6.07, 6.45) is 1.62. The van der Waals surface area contributed by atoms with Crippen molar-refractivity contribution in [1.29, 1.82) is 0 Å². The van der Waals surface area contributed by atoms with E-state index < -0.39 is 0 Å². The van der Waals surface area contributed by atoms with E-state index in [4.69, 9.17) is 0 Å². The molecule has 56 valence electrons. The van der Waals surface area contributed by atoms with Crippen molar-refractivity contribution in [3.63, 3.8) is 0 Å². The van der Waals surface area contributed by atoms with Crippen LogP contribution in [0.3, 0.4) is 0 Å². The maximum Gasteiger partial charge on any atom is 0.128 e. The summed E-state index contributed by atoms with van der Waals surface area (Å²) in [5.41, 5.74) is 0.747. The Hall–Kier alpha value is -0.900. The Labute approximate surface area is 70.8 Å². The summed E-state index contributed by atoms with van der Waals surface area (Å²) in [5.74, 6) is -0.259. The number of fused-ring (bicyclic) bond motifs is 1. The minimum atomic E-state index is -0.259. The molecule has 0 saturated carbocycles. The molecule has 2 aromatic heterocycles. The van der Waals surface area contributed by atoms with E-state index in [-0.39, 0.29) is 5.82 Å². The number of pyridine rings is 1. The highest BCUT2D eigenvalue weighted by molar-refractivity contribution is 9.10. The fraction of sp³-hybridized carbons (Fsp3) is 0. The predicted octanol–water partition coefficient (Wildman–Crippen LogP) is 2.24. The molecule has 2 heterocycles. The van der Waals surface area contributed by atoms with E-state index in [0.717, 1.165) is 5.52 Å². The Bertz CT molecular complexity index is 396. The molecule has 0 N–H and O–H groups in total. The van der Waals surface area contributed by atoms with E-state index in [2.05, 4.69) is 21.0 Å². The summed E-state index contributed by atoms with van der Waals surface area (Å²) in [6.45, 7) is 0. The van der Waals surface area contributed by atoms with E-state index in [1.807, 2.05) is 0 Å². The van der Waals surface area contributed by atoms with Crippen LogP contribution >= 0.6 is 15.9 Å². The van der Waals surface area contributed by atoms with E-state index in [1.54, 1.807) is 16.8 Å². The van der Waals surface area contributed by atoms with Crippen molar-refractivity contribution in [2.24, 2.45) is 0 Å². The van der Waals surface area contributed by atoms with Crippen LogP contribution in [0, 0.1) is 5.82 Å². The first-order valence-electron chi connectivity index (χ1n) is 3.06. The molecule has 0 saturated heterocycles. The Balaban J connectivity index is 2.91. The zero-order valence-corrected chi connectivity index (χ0v) is 7.05. The molecule has 0 aromatic carbocycles. The van der Waals surface area contributed by atoms with Crippen LogP contribution in [-0.4, -0.2) is 9.61 Å². The lowest BCUT2D eigenvalue weighted by molar-refractivity contribution is 0.623. The SMILES string of the molecule is Fc1cc(Br)n2nccc2c1. The van der Waals surface area contributed by atoms with Gasteiger partial charge in [0.25, 0.3) is 0 Å². The number of hydrogen-bond acceptors (Lipinski definition) is 1. The summed E-state index contributed by atoms with van der Waals surface area (Å²) in [4.78, 5) is 0. The van der Waals surface area contributed by atoms with Crippen molar-refractivity contribution in [2.75, 3.05) is 0 Å². The molecular formula is C7H4BrFN2. The molecule has 2 rings (SSSR count). The van der Waals surface area contributed by atoms with Crippen molar-refractivity contribution < 1.29 is 4.39 Å². The van der Waals surface area contributed by atoms with Crippen molar-refractivity contribution in [2.45, 2.75) is 0 Å². The highest BCUT2D eigenvalue weighted by Crippen LogP contribution is 2.14. The number of rotatable bonds is 0. The van der Waals surface area contributed by atoms with Crippen LogP contribution in [0.15, 0.2) is 29.0 Å². The molecule has 0 aliphatic carbocycles. The molecule has 0 spiro atoms. The molecule has 2 aromatic rings. The standard InChI is InChI=1S/C7H4BrFN2/c8-7-4-5(9)3-6-1-2-10-11(6)7/h1-4H. The lowest BCUT2D eigenvalue weighted by Crippen LogP contribution is -1.89. The van der Waals surface area contributed by atoms with Gasteiger partial charge in [-0.15, -0.1) is 0 Å². The molecule has 4 heteroatoms. The lowest BCUT2D eigenvalue weighted by Gasteiger charge is -1.95. The van der Waals surface area contributed by atoms with Crippen LogP contribution < -0.4 is 0 Å². The van der Waals surface area contributed by atoms with Crippen molar-refractivity contribution >= 4 is 21.4 Å². The third kappa shape index (κ3) is 1.03. The smallest absolute Gasteiger partial charge is 0.128 e. The largest absolute Gasteiger partial charge is 0.226 e. The molecule has 0 amide bonds. The summed E-state index contributed by atoms with van der Waals surface area (Å²) in [5, 5.41) is 3.96. The van der Waals surface area contributed by atoms with Gasteiger partial charge in [-0.1, -0.05) is 0 Å². The molecule has 0 radical (unpaired) electrons. The van der Waals surface area contributed by atoms with Crippen molar-refractivity contribution in [1.82, 2.24) is 9.61 Å². The van der Waals surface area contributed by atoms with Gasteiger partial charge in [-0.3, -0.25) is 0 Å². The average Bonchev–Trinajstić information content (AvgIpc) is 2.34. The van der Waals surface area contributed by atoms with E-state index >= 15 is 0 Å². The Morgan fingerprint density at radius 3 is 3.09 bits per heavy atom. The zero-order chi connectivity index (χ0) is 7.84. The summed E-state index contributed by atoms with van der Waals surface area (Å²) >= 11 is 3.19. The quantitative estimate of drug-likeness (QED) is 0.616. The molecule has 11 heavy (non-hydrogen) atoms. The maximum atomic E-state index is 12.7. The van der Waals surface area contributed by atoms with Gasteiger partial charge in [0, 0.05) is 6.07 Å². The highest BCUT2D eigenvalue weighted by Gasteiger charge is 2.00. The minimum Gasteiger partial charge on any atom is -0.226 e. The Morgan fingerprint density at radius 1 is 1.45 bits per heavy atom. The van der Waals surface area contributed by atoms with Crippen molar-refractivity contribution in [3.05, 3.63) is 34.8 Å². The summed E-state index contributed by atoms with van der Waals surface area (Å²) in [6, 6.07) is 4.55. The molecule has 0 fully saturated rings. The lowest BCUT2D eigenvalue weighted by atomic mass is 10.4. The summed E-state index contributed by atoms with van der Waals surface area (Å²) in [7, 11) is 0. The van der Waals surface area contributed by atoms with Crippen molar-refractivity contribution in [3.8, 4) is 0 Å². The van der Waals surface area contributed by atoms with Gasteiger partial charge in [-0.2, -0.15) is 5.10 Å². The first kappa shape index (κ1) is 6.79. The molecule has 2 nitrogen and oxygen atoms in total. The Kier molecular flexibility index (Phi) is 1.42. The third-order valence-corrected chi connectivity index (χ3v) is 1.98. The van der Waals surface area contributed by atoms with Crippen LogP contribution in [0.5, 0.6) is 0 Å². The molecule has 0 aliphatic rings. The van der Waals surface area contributed by atoms with Gasteiger partial charge in [0.15, 0.2) is 0 Å². The second-order valence-corrected chi connectivity index (χ2v) is 2.98. The zero-order valence-electron chi connectivity index (χ0n) is 5.46. The van der Waals surface area contributed by atoms with Crippen LogP contribution in [0.1, 0.15) is 0 Å². The molecule has 0 bridgehead atoms.